The van der Waals surface area contributed by atoms with Crippen molar-refractivity contribution in [3.63, 3.8) is 0 Å². The van der Waals surface area contributed by atoms with Crippen molar-refractivity contribution in [2.45, 2.75) is 112 Å². The van der Waals surface area contributed by atoms with Gasteiger partial charge in [-0.15, -0.1) is 0 Å². The minimum Gasteiger partial charge on any atom is -0.308 e. The number of para-hydroxylation sites is 1. The van der Waals surface area contributed by atoms with E-state index in [9.17, 15) is 5.26 Å². The van der Waals surface area contributed by atoms with Gasteiger partial charge in [-0.2, -0.15) is 5.26 Å². The first-order chi connectivity index (χ1) is 35.0. The number of fused-ring (bicyclic) bond motifs is 3. The number of nitriles is 1. The Morgan fingerprint density at radius 1 is 0.473 bits per heavy atom. The van der Waals surface area contributed by atoms with Gasteiger partial charge in [0.1, 0.15) is 0 Å². The standard InChI is InChI=1S/C66H66N8/c1-15-16-18-23-41(2)57-68-58(43-24-19-17-20-25-43)73-62(69-57)53-32-42(40-67)28-30-56(53)74-54-27-22-21-26-51(54)52-37-44(29-31-55(52)74)59-70-60(45-33-47(63(3,4)5)38-48(34-45)64(6,7)8)72-61(71-59)46-35-49(65(9,10)11)39-50(36-46)66(12,13)14/h15-39H,1H2,2-14H3/b18-16-,41-23+. The van der Waals surface area contributed by atoms with Crippen molar-refractivity contribution >= 4 is 27.4 Å². The first-order valence-electron chi connectivity index (χ1n) is 25.5. The molecule has 3 heterocycles. The van der Waals surface area contributed by atoms with Crippen LogP contribution in [0.25, 0.3) is 90.0 Å². The Balaban J connectivity index is 1.30. The summed E-state index contributed by atoms with van der Waals surface area (Å²) >= 11 is 0. The second-order valence-corrected chi connectivity index (χ2v) is 23.5. The summed E-state index contributed by atoms with van der Waals surface area (Å²) in [5.41, 5.74) is 12.9. The van der Waals surface area contributed by atoms with Gasteiger partial charge in [0, 0.05) is 38.6 Å². The molecule has 0 fully saturated rings. The van der Waals surface area contributed by atoms with Crippen molar-refractivity contribution in [3.05, 3.63) is 192 Å². The minimum atomic E-state index is -0.111. The van der Waals surface area contributed by atoms with Crippen LogP contribution in [0, 0.1) is 11.3 Å². The monoisotopic (exact) mass is 971 g/mol. The smallest absolute Gasteiger partial charge is 0.166 e. The zero-order valence-corrected chi connectivity index (χ0v) is 45.2. The second kappa shape index (κ2) is 19.4. The molecule has 0 atom stereocenters. The number of allylic oxidation sites excluding steroid dienone is 5. The number of hydrogen-bond donors (Lipinski definition) is 0. The lowest BCUT2D eigenvalue weighted by Crippen LogP contribution is -2.17. The normalized spacial score (nSPS) is 12.7. The van der Waals surface area contributed by atoms with Crippen LogP contribution in [0.5, 0.6) is 0 Å². The van der Waals surface area contributed by atoms with Gasteiger partial charge in [-0.05, 0) is 123 Å². The molecule has 0 saturated carbocycles. The van der Waals surface area contributed by atoms with E-state index in [1.807, 2.05) is 73.7 Å². The number of benzene rings is 6. The summed E-state index contributed by atoms with van der Waals surface area (Å²) in [7, 11) is 0. The Labute approximate surface area is 437 Å². The van der Waals surface area contributed by atoms with Crippen LogP contribution in [0.15, 0.2) is 158 Å². The fourth-order valence-corrected chi connectivity index (χ4v) is 9.10. The van der Waals surface area contributed by atoms with Gasteiger partial charge in [-0.1, -0.05) is 175 Å². The average molecular weight is 971 g/mol. The van der Waals surface area contributed by atoms with Crippen LogP contribution in [0.4, 0.5) is 0 Å². The van der Waals surface area contributed by atoms with Gasteiger partial charge in [0.15, 0.2) is 34.9 Å². The lowest BCUT2D eigenvalue weighted by Gasteiger charge is -2.26. The summed E-state index contributed by atoms with van der Waals surface area (Å²) in [6, 6.07) is 46.6. The van der Waals surface area contributed by atoms with Crippen molar-refractivity contribution in [3.8, 4) is 68.7 Å². The topological polar surface area (TPSA) is 106 Å². The van der Waals surface area contributed by atoms with E-state index >= 15 is 0 Å². The molecule has 0 spiro atoms. The molecular weight excluding hydrogens is 905 g/mol. The lowest BCUT2D eigenvalue weighted by molar-refractivity contribution is 0.568. The van der Waals surface area contributed by atoms with Crippen molar-refractivity contribution in [2.24, 2.45) is 0 Å². The lowest BCUT2D eigenvalue weighted by atomic mass is 9.79. The highest BCUT2D eigenvalue weighted by Crippen LogP contribution is 2.40. The third-order valence-corrected chi connectivity index (χ3v) is 13.6. The zero-order valence-electron chi connectivity index (χ0n) is 45.2. The van der Waals surface area contributed by atoms with Crippen LogP contribution in [0.1, 0.15) is 124 Å². The Morgan fingerprint density at radius 2 is 0.959 bits per heavy atom. The highest BCUT2D eigenvalue weighted by Gasteiger charge is 2.26. The molecule has 9 aromatic rings. The van der Waals surface area contributed by atoms with E-state index in [0.29, 0.717) is 46.1 Å². The number of aromatic nitrogens is 7. The minimum absolute atomic E-state index is 0.111. The molecule has 0 saturated heterocycles. The van der Waals surface area contributed by atoms with E-state index in [-0.39, 0.29) is 21.7 Å². The third kappa shape index (κ3) is 10.4. The SMILES string of the molecule is C=C/C=C\C=C(/C)c1nc(-c2ccccc2)nc(-c2cc(C#N)ccc2-n2c3ccccc3c3cc(-c4nc(-c5cc(C(C)(C)C)cc(C(C)(C)C)c5)nc(-c5cc(C(C)(C)C)cc(C(C)(C)C)c5)n4)ccc32)n1. The van der Waals surface area contributed by atoms with E-state index in [2.05, 4.69) is 179 Å². The Kier molecular flexibility index (Phi) is 13.3. The molecule has 74 heavy (non-hydrogen) atoms. The highest BCUT2D eigenvalue weighted by molar-refractivity contribution is 6.11. The second-order valence-electron chi connectivity index (χ2n) is 23.5. The van der Waals surface area contributed by atoms with Gasteiger partial charge in [0.05, 0.1) is 28.4 Å². The molecular formula is C66H66N8. The van der Waals surface area contributed by atoms with Gasteiger partial charge >= 0.3 is 0 Å². The van der Waals surface area contributed by atoms with Crippen molar-refractivity contribution < 1.29 is 0 Å². The number of hydrogen-bond acceptors (Lipinski definition) is 7. The summed E-state index contributed by atoms with van der Waals surface area (Å²) in [4.78, 5) is 31.4. The maximum atomic E-state index is 10.3. The molecule has 6 aromatic carbocycles. The van der Waals surface area contributed by atoms with Crippen molar-refractivity contribution in [2.75, 3.05) is 0 Å². The molecule has 3 aromatic heterocycles. The van der Waals surface area contributed by atoms with Gasteiger partial charge in [-0.25, -0.2) is 29.9 Å². The molecule has 0 N–H and O–H groups in total. The molecule has 0 aliphatic carbocycles. The van der Waals surface area contributed by atoms with E-state index in [1.54, 1.807) is 6.08 Å². The molecule has 0 radical (unpaired) electrons. The van der Waals surface area contributed by atoms with Crippen LogP contribution < -0.4 is 0 Å². The summed E-state index contributed by atoms with van der Waals surface area (Å²) < 4.78 is 2.24. The highest BCUT2D eigenvalue weighted by atomic mass is 15.1. The maximum Gasteiger partial charge on any atom is 0.166 e. The largest absolute Gasteiger partial charge is 0.308 e. The van der Waals surface area contributed by atoms with Gasteiger partial charge in [0.25, 0.3) is 0 Å². The molecule has 0 aliphatic rings. The summed E-state index contributed by atoms with van der Waals surface area (Å²) in [6.07, 6.45) is 7.48. The quantitative estimate of drug-likeness (QED) is 0.133. The Morgan fingerprint density at radius 3 is 1.50 bits per heavy atom. The summed E-state index contributed by atoms with van der Waals surface area (Å²) in [5.74, 6) is 3.33. The van der Waals surface area contributed by atoms with E-state index in [4.69, 9.17) is 29.9 Å². The average Bonchev–Trinajstić information content (AvgIpc) is 3.70. The summed E-state index contributed by atoms with van der Waals surface area (Å²) in [6.45, 7) is 32.9. The molecule has 370 valence electrons. The number of rotatable bonds is 9. The van der Waals surface area contributed by atoms with E-state index < -0.39 is 0 Å². The fourth-order valence-electron chi connectivity index (χ4n) is 9.10. The van der Waals surface area contributed by atoms with Crippen LogP contribution in [-0.2, 0) is 21.7 Å². The van der Waals surface area contributed by atoms with Gasteiger partial charge in [0.2, 0.25) is 0 Å². The van der Waals surface area contributed by atoms with Gasteiger partial charge < -0.3 is 4.57 Å². The Bertz CT molecular complexity index is 3580. The first-order valence-corrected chi connectivity index (χ1v) is 25.5. The predicted octanol–water partition coefficient (Wildman–Crippen LogP) is 16.7. The molecule has 0 aliphatic heterocycles. The first kappa shape index (κ1) is 50.8. The molecule has 0 amide bonds. The number of nitrogens with zero attached hydrogens (tertiary/aromatic N) is 8. The molecule has 0 bridgehead atoms. The van der Waals surface area contributed by atoms with Crippen LogP contribution in [0.3, 0.4) is 0 Å². The van der Waals surface area contributed by atoms with Crippen LogP contribution in [0.2, 0.25) is 0 Å². The molecule has 8 heteroatoms. The molecule has 9 rings (SSSR count). The van der Waals surface area contributed by atoms with Crippen LogP contribution >= 0.6 is 0 Å². The summed E-state index contributed by atoms with van der Waals surface area (Å²) in [5, 5.41) is 12.4. The van der Waals surface area contributed by atoms with E-state index in [1.165, 1.54) is 22.3 Å². The van der Waals surface area contributed by atoms with E-state index in [0.717, 1.165) is 55.3 Å². The Hall–Kier alpha value is -8.15. The molecule has 0 unspecified atom stereocenters. The zero-order chi connectivity index (χ0) is 52.9. The fraction of sp³-hybridized carbons (Fsp3) is 0.258. The third-order valence-electron chi connectivity index (χ3n) is 13.6. The van der Waals surface area contributed by atoms with Gasteiger partial charge in [-0.3, -0.25) is 0 Å². The predicted molar refractivity (Wildman–Crippen MR) is 307 cm³/mol. The molecule has 8 nitrogen and oxygen atoms in total. The van der Waals surface area contributed by atoms with Crippen molar-refractivity contribution in [1.82, 2.24) is 34.5 Å². The van der Waals surface area contributed by atoms with Crippen molar-refractivity contribution in [1.29, 1.82) is 5.26 Å². The van der Waals surface area contributed by atoms with Crippen LogP contribution in [-0.4, -0.2) is 34.5 Å². The maximum absolute atomic E-state index is 10.3.